The molecule has 1 aliphatic heterocycles. The van der Waals surface area contributed by atoms with E-state index in [0.717, 1.165) is 0 Å². The van der Waals surface area contributed by atoms with Gasteiger partial charge >= 0.3 is 5.97 Å². The van der Waals surface area contributed by atoms with Crippen LogP contribution in [0.4, 0.5) is 0 Å². The van der Waals surface area contributed by atoms with E-state index in [4.69, 9.17) is 9.84 Å². The van der Waals surface area contributed by atoms with Gasteiger partial charge in [0, 0.05) is 20.3 Å². The molecule has 1 rings (SSSR count). The lowest BCUT2D eigenvalue weighted by Gasteiger charge is -2.22. The number of carbonyl (C=O) groups excluding carboxylic acids is 1. The molecule has 0 aliphatic carbocycles. The number of rotatable bonds is 5. The summed E-state index contributed by atoms with van der Waals surface area (Å²) in [5, 5.41) is 11.6. The highest BCUT2D eigenvalue weighted by Gasteiger charge is 2.42. The van der Waals surface area contributed by atoms with Crippen LogP contribution in [0, 0.1) is 5.41 Å². The Morgan fingerprint density at radius 2 is 2.33 bits per heavy atom. The molecule has 0 radical (unpaired) electrons. The van der Waals surface area contributed by atoms with Crippen LogP contribution in [0.1, 0.15) is 6.42 Å². The zero-order valence-electron chi connectivity index (χ0n) is 8.62. The van der Waals surface area contributed by atoms with Crippen LogP contribution in [0.3, 0.4) is 0 Å². The fourth-order valence-corrected chi connectivity index (χ4v) is 1.44. The third-order valence-corrected chi connectivity index (χ3v) is 2.46. The van der Waals surface area contributed by atoms with E-state index in [1.54, 1.807) is 0 Å². The smallest absolute Gasteiger partial charge is 0.313 e. The Balaban J connectivity index is 2.46. The van der Waals surface area contributed by atoms with Gasteiger partial charge < -0.3 is 19.9 Å². The molecule has 0 aromatic rings. The molecule has 0 aromatic carbocycles. The van der Waals surface area contributed by atoms with Gasteiger partial charge in [0.1, 0.15) is 12.0 Å². The maximum atomic E-state index is 11.1. The van der Waals surface area contributed by atoms with Crippen LogP contribution in [-0.2, 0) is 19.1 Å². The zero-order chi connectivity index (χ0) is 11.3. The monoisotopic (exact) mass is 217 g/mol. The molecule has 1 saturated heterocycles. The van der Waals surface area contributed by atoms with Gasteiger partial charge in [-0.05, 0) is 6.42 Å². The first kappa shape index (κ1) is 11.9. The fourth-order valence-electron chi connectivity index (χ4n) is 1.44. The Bertz CT molecular complexity index is 247. The first-order valence-electron chi connectivity index (χ1n) is 4.67. The summed E-state index contributed by atoms with van der Waals surface area (Å²) in [7, 11) is 1.41. The molecule has 0 spiro atoms. The maximum Gasteiger partial charge on any atom is 0.313 e. The van der Waals surface area contributed by atoms with E-state index >= 15 is 0 Å². The third-order valence-electron chi connectivity index (χ3n) is 2.46. The van der Waals surface area contributed by atoms with E-state index < -0.39 is 11.4 Å². The van der Waals surface area contributed by atoms with Crippen molar-refractivity contribution in [2.75, 3.05) is 33.5 Å². The minimum Gasteiger partial charge on any atom is -0.481 e. The number of hydrogen-bond donors (Lipinski definition) is 2. The Morgan fingerprint density at radius 3 is 2.80 bits per heavy atom. The lowest BCUT2D eigenvalue weighted by Crippen LogP contribution is -2.44. The predicted octanol–water partition coefficient (Wildman–Crippen LogP) is -0.760. The molecule has 6 heteroatoms. The minimum absolute atomic E-state index is 0.0590. The molecule has 86 valence electrons. The van der Waals surface area contributed by atoms with Crippen molar-refractivity contribution in [3.8, 4) is 0 Å². The van der Waals surface area contributed by atoms with Gasteiger partial charge in [-0.15, -0.1) is 0 Å². The number of nitrogens with one attached hydrogen (secondary N) is 1. The molecule has 2 N–H and O–H groups in total. The second-order valence-corrected chi connectivity index (χ2v) is 3.60. The largest absolute Gasteiger partial charge is 0.481 e. The third kappa shape index (κ3) is 2.90. The molecule has 6 nitrogen and oxygen atoms in total. The number of amides is 1. The van der Waals surface area contributed by atoms with Gasteiger partial charge in [0.2, 0.25) is 5.91 Å². The van der Waals surface area contributed by atoms with E-state index in [9.17, 15) is 9.59 Å². The average Bonchev–Trinajstić information content (AvgIpc) is 2.65. The van der Waals surface area contributed by atoms with Crippen molar-refractivity contribution in [1.29, 1.82) is 0 Å². The number of aliphatic carboxylic acids is 1. The summed E-state index contributed by atoms with van der Waals surface area (Å²) in [6.45, 7) is 0.600. The number of carboxylic acid groups (broad SMARTS) is 1. The molecular formula is C9H15NO5. The standard InChI is InChI=1S/C9H15NO5/c1-14-4-7(11)10-5-9(8(12)13)2-3-15-6-9/h2-6H2,1H3,(H,10,11)(H,12,13). The van der Waals surface area contributed by atoms with Crippen molar-refractivity contribution >= 4 is 11.9 Å². The van der Waals surface area contributed by atoms with Crippen LogP contribution in [-0.4, -0.2) is 50.5 Å². The Kier molecular flexibility index (Phi) is 4.05. The van der Waals surface area contributed by atoms with Gasteiger partial charge in [-0.1, -0.05) is 0 Å². The normalized spacial score (nSPS) is 25.1. The van der Waals surface area contributed by atoms with Crippen LogP contribution < -0.4 is 5.32 Å². The lowest BCUT2D eigenvalue weighted by molar-refractivity contribution is -0.149. The summed E-state index contributed by atoms with van der Waals surface area (Å²) in [6, 6.07) is 0. The summed E-state index contributed by atoms with van der Waals surface area (Å²) in [4.78, 5) is 22.1. The molecule has 1 unspecified atom stereocenters. The molecule has 1 atom stereocenters. The first-order valence-corrected chi connectivity index (χ1v) is 4.67. The molecule has 1 fully saturated rings. The Hall–Kier alpha value is -1.14. The van der Waals surface area contributed by atoms with Gasteiger partial charge in [0.05, 0.1) is 6.61 Å². The van der Waals surface area contributed by atoms with E-state index in [2.05, 4.69) is 10.1 Å². The summed E-state index contributed by atoms with van der Waals surface area (Å²) in [5.74, 6) is -1.25. The van der Waals surface area contributed by atoms with Crippen molar-refractivity contribution < 1.29 is 24.2 Å². The van der Waals surface area contributed by atoms with Crippen molar-refractivity contribution in [3.05, 3.63) is 0 Å². The zero-order valence-corrected chi connectivity index (χ0v) is 8.62. The summed E-state index contributed by atoms with van der Waals surface area (Å²) in [6.07, 6.45) is 0.426. The SMILES string of the molecule is COCC(=O)NCC1(C(=O)O)CCOC1. The highest BCUT2D eigenvalue weighted by Crippen LogP contribution is 2.27. The molecule has 0 aromatic heterocycles. The van der Waals surface area contributed by atoms with Crippen molar-refractivity contribution in [2.45, 2.75) is 6.42 Å². The molecule has 1 amide bonds. The van der Waals surface area contributed by atoms with Gasteiger partial charge in [-0.25, -0.2) is 0 Å². The summed E-state index contributed by atoms with van der Waals surface area (Å²) < 4.78 is 9.67. The van der Waals surface area contributed by atoms with Crippen LogP contribution >= 0.6 is 0 Å². The van der Waals surface area contributed by atoms with Gasteiger partial charge in [0.25, 0.3) is 0 Å². The molecular weight excluding hydrogens is 202 g/mol. The highest BCUT2D eigenvalue weighted by molar-refractivity contribution is 5.80. The van der Waals surface area contributed by atoms with E-state index in [0.29, 0.717) is 13.0 Å². The number of hydrogen-bond acceptors (Lipinski definition) is 4. The second kappa shape index (κ2) is 5.09. The van der Waals surface area contributed by atoms with Gasteiger partial charge in [-0.2, -0.15) is 0 Å². The van der Waals surface area contributed by atoms with Crippen LogP contribution in [0.25, 0.3) is 0 Å². The molecule has 0 saturated carbocycles. The number of carboxylic acids is 1. The second-order valence-electron chi connectivity index (χ2n) is 3.60. The van der Waals surface area contributed by atoms with Crippen molar-refractivity contribution in [1.82, 2.24) is 5.32 Å². The van der Waals surface area contributed by atoms with E-state index in [1.165, 1.54) is 7.11 Å². The Labute approximate surface area is 87.5 Å². The number of carbonyl (C=O) groups is 2. The summed E-state index contributed by atoms with van der Waals surface area (Å²) >= 11 is 0. The van der Waals surface area contributed by atoms with E-state index in [-0.39, 0.29) is 25.7 Å². The predicted molar refractivity (Wildman–Crippen MR) is 50.4 cm³/mol. The van der Waals surface area contributed by atoms with Crippen LogP contribution in [0.5, 0.6) is 0 Å². The maximum absolute atomic E-state index is 11.1. The number of ether oxygens (including phenoxy) is 2. The first-order chi connectivity index (χ1) is 7.10. The van der Waals surface area contributed by atoms with Gasteiger partial charge in [0.15, 0.2) is 0 Å². The van der Waals surface area contributed by atoms with E-state index in [1.807, 2.05) is 0 Å². The molecule has 1 heterocycles. The molecule has 0 bridgehead atoms. The molecule has 1 aliphatic rings. The fraction of sp³-hybridized carbons (Fsp3) is 0.778. The summed E-state index contributed by atoms with van der Waals surface area (Å²) in [5.41, 5.74) is -0.969. The highest BCUT2D eigenvalue weighted by atomic mass is 16.5. The minimum atomic E-state index is -0.969. The van der Waals surface area contributed by atoms with Crippen molar-refractivity contribution in [2.24, 2.45) is 5.41 Å². The average molecular weight is 217 g/mol. The topological polar surface area (TPSA) is 84.9 Å². The Morgan fingerprint density at radius 1 is 1.60 bits per heavy atom. The molecule has 15 heavy (non-hydrogen) atoms. The van der Waals surface area contributed by atoms with Crippen LogP contribution in [0.2, 0.25) is 0 Å². The van der Waals surface area contributed by atoms with Gasteiger partial charge in [-0.3, -0.25) is 9.59 Å². The van der Waals surface area contributed by atoms with Crippen LogP contribution in [0.15, 0.2) is 0 Å². The lowest BCUT2D eigenvalue weighted by atomic mass is 9.87. The number of methoxy groups -OCH3 is 1. The quantitative estimate of drug-likeness (QED) is 0.632. The van der Waals surface area contributed by atoms with Crippen molar-refractivity contribution in [3.63, 3.8) is 0 Å².